The molecule has 11 rings (SSSR count). The summed E-state index contributed by atoms with van der Waals surface area (Å²) in [5.41, 5.74) is 17.9. The summed E-state index contributed by atoms with van der Waals surface area (Å²) in [4.78, 5) is 5.16. The lowest BCUT2D eigenvalue weighted by atomic mass is 9.79. The van der Waals surface area contributed by atoms with Crippen molar-refractivity contribution in [3.05, 3.63) is 192 Å². The van der Waals surface area contributed by atoms with Crippen molar-refractivity contribution in [2.24, 2.45) is 0 Å². The van der Waals surface area contributed by atoms with Gasteiger partial charge in [0.2, 0.25) is 0 Å². The van der Waals surface area contributed by atoms with Gasteiger partial charge in [0, 0.05) is 38.2 Å². The van der Waals surface area contributed by atoms with Gasteiger partial charge in [-0.25, -0.2) is 4.98 Å². The monoisotopic (exact) mass is 764 g/mol. The van der Waals surface area contributed by atoms with E-state index in [1.807, 2.05) is 27.7 Å². The Morgan fingerprint density at radius 2 is 1.03 bits per heavy atom. The Morgan fingerprint density at radius 3 is 1.71 bits per heavy atom. The number of fused-ring (bicyclic) bond motifs is 8. The summed E-state index contributed by atoms with van der Waals surface area (Å²) in [5, 5.41) is 6.22. The molecule has 2 nitrogen and oxygen atoms in total. The Balaban J connectivity index is 0.00000109. The van der Waals surface area contributed by atoms with E-state index in [0.717, 1.165) is 36.0 Å². The van der Waals surface area contributed by atoms with Gasteiger partial charge in [0.05, 0.1) is 22.2 Å². The van der Waals surface area contributed by atoms with Crippen molar-refractivity contribution in [2.75, 3.05) is 0 Å². The molecular weight excluding hydrogens is 713 g/mol. The highest BCUT2D eigenvalue weighted by molar-refractivity contribution is 6.11. The second-order valence-electron chi connectivity index (χ2n) is 15.8. The molecule has 59 heavy (non-hydrogen) atoms. The zero-order valence-electron chi connectivity index (χ0n) is 35.2. The molecule has 0 saturated carbocycles. The van der Waals surface area contributed by atoms with Crippen LogP contribution >= 0.6 is 0 Å². The molecule has 0 atom stereocenters. The van der Waals surface area contributed by atoms with Crippen molar-refractivity contribution in [3.8, 4) is 28.1 Å². The lowest BCUT2D eigenvalue weighted by molar-refractivity contribution is 0.654. The minimum Gasteiger partial charge on any atom is -0.309 e. The quantitative estimate of drug-likeness (QED) is 0.163. The Labute approximate surface area is 349 Å². The highest BCUT2D eigenvalue weighted by atomic mass is 15.0. The molecule has 0 N–H and O–H groups in total. The van der Waals surface area contributed by atoms with Gasteiger partial charge >= 0.3 is 0 Å². The summed E-state index contributed by atoms with van der Waals surface area (Å²) < 4.78 is 2.39. The minimum absolute atomic E-state index is 0.0902. The van der Waals surface area contributed by atoms with Gasteiger partial charge in [-0.3, -0.25) is 0 Å². The number of nitrogens with zero attached hydrogens (tertiary/aromatic N) is 2. The first kappa shape index (κ1) is 38.0. The van der Waals surface area contributed by atoms with Crippen LogP contribution in [0.5, 0.6) is 0 Å². The van der Waals surface area contributed by atoms with E-state index in [-0.39, 0.29) is 5.41 Å². The number of para-hydroxylation sites is 3. The van der Waals surface area contributed by atoms with Gasteiger partial charge in [-0.2, -0.15) is 0 Å². The van der Waals surface area contributed by atoms with Gasteiger partial charge in [-0.1, -0.05) is 175 Å². The minimum atomic E-state index is -0.0902. The predicted molar refractivity (Wildman–Crippen MR) is 255 cm³/mol. The summed E-state index contributed by atoms with van der Waals surface area (Å²) in [7, 11) is 0. The molecule has 0 saturated heterocycles. The van der Waals surface area contributed by atoms with Crippen molar-refractivity contribution in [3.63, 3.8) is 0 Å². The Bertz CT molecular complexity index is 3010. The molecule has 0 aliphatic heterocycles. The predicted octanol–water partition coefficient (Wildman–Crippen LogP) is 16.2. The maximum atomic E-state index is 5.16. The van der Waals surface area contributed by atoms with E-state index in [2.05, 4.69) is 188 Å². The molecule has 2 heteroatoms. The van der Waals surface area contributed by atoms with E-state index in [1.165, 1.54) is 88.2 Å². The third-order valence-electron chi connectivity index (χ3n) is 12.4. The summed E-state index contributed by atoms with van der Waals surface area (Å²) in [6, 6.07) is 60.1. The maximum absolute atomic E-state index is 5.16. The average molecular weight is 765 g/mol. The van der Waals surface area contributed by atoms with E-state index >= 15 is 0 Å². The molecule has 0 radical (unpaired) electrons. The van der Waals surface area contributed by atoms with Crippen LogP contribution in [0.2, 0.25) is 0 Å². The second kappa shape index (κ2) is 15.7. The van der Waals surface area contributed by atoms with Crippen LogP contribution in [0.25, 0.3) is 82.7 Å². The zero-order valence-corrected chi connectivity index (χ0v) is 35.2. The third-order valence-corrected chi connectivity index (χ3v) is 12.4. The zero-order chi connectivity index (χ0) is 40.7. The third kappa shape index (κ3) is 6.39. The Morgan fingerprint density at radius 1 is 0.492 bits per heavy atom. The highest BCUT2D eigenvalue weighted by Crippen LogP contribution is 2.52. The molecule has 7 aromatic carbocycles. The Kier molecular flexibility index (Phi) is 10.1. The van der Waals surface area contributed by atoms with E-state index in [0.29, 0.717) is 0 Å². The number of allylic oxidation sites excluding steroid dienone is 4. The smallest absolute Gasteiger partial charge is 0.0788 e. The van der Waals surface area contributed by atoms with E-state index in [9.17, 15) is 0 Å². The van der Waals surface area contributed by atoms with Crippen LogP contribution in [0.4, 0.5) is 0 Å². The fourth-order valence-corrected chi connectivity index (χ4v) is 9.61. The molecule has 0 bridgehead atoms. The molecule has 0 unspecified atom stereocenters. The summed E-state index contributed by atoms with van der Waals surface area (Å²) in [5.74, 6) is 0. The van der Waals surface area contributed by atoms with Gasteiger partial charge < -0.3 is 4.57 Å². The first-order valence-corrected chi connectivity index (χ1v) is 21.6. The van der Waals surface area contributed by atoms with Crippen LogP contribution in [-0.4, -0.2) is 9.55 Å². The van der Waals surface area contributed by atoms with Crippen molar-refractivity contribution < 1.29 is 0 Å². The number of hydrogen-bond donors (Lipinski definition) is 0. The van der Waals surface area contributed by atoms with E-state index in [4.69, 9.17) is 4.98 Å². The largest absolute Gasteiger partial charge is 0.309 e. The van der Waals surface area contributed by atoms with Crippen LogP contribution in [0.15, 0.2) is 175 Å². The van der Waals surface area contributed by atoms with Crippen LogP contribution < -0.4 is 0 Å². The fraction of sp³-hybridized carbons (Fsp3) is 0.175. The molecule has 9 aromatic rings. The molecule has 2 aliphatic carbocycles. The van der Waals surface area contributed by atoms with Crippen LogP contribution in [0, 0.1) is 0 Å². The number of aromatic nitrogens is 2. The number of hydrogen-bond acceptors (Lipinski definition) is 1. The molecule has 2 aromatic heterocycles. The van der Waals surface area contributed by atoms with Crippen molar-refractivity contribution in [1.29, 1.82) is 0 Å². The standard InChI is InChI=1S/C53H40N2.2C2H6/c1-53(2)47-32-37(34-22-24-36(25-23-34)52-46-17-4-3-13-40(46)43-14-5-8-19-49(43)54-52)12-11-18-41(47)42-31-28-38(33-48(42)53)35-26-29-39(30-27-35)55-50-20-9-6-15-44(50)45-16-7-10-21-51(45)55;2*1-2/h3-10,13-17,19-33H,11-12,18H2,1-2H3;2*1-2H3. The van der Waals surface area contributed by atoms with E-state index < -0.39 is 0 Å². The molecular formula is C57H52N2. The lowest BCUT2D eigenvalue weighted by Gasteiger charge is -2.24. The molecule has 0 amide bonds. The molecule has 2 heterocycles. The molecule has 0 spiro atoms. The SMILES string of the molecule is CC.CC.CC1(C)C2=C(CCCC(c3ccc(-c4nc5ccccc5c5ccccc45)cc3)=C2)c2ccc(-c3ccc(-n4c5ccccc5c5ccccc54)cc3)cc21. The van der Waals surface area contributed by atoms with Crippen molar-refractivity contribution in [1.82, 2.24) is 9.55 Å². The Hall–Kier alpha value is -6.51. The van der Waals surface area contributed by atoms with E-state index in [1.54, 1.807) is 0 Å². The van der Waals surface area contributed by atoms with Gasteiger partial charge in [0.25, 0.3) is 0 Å². The number of pyridine rings is 1. The van der Waals surface area contributed by atoms with Gasteiger partial charge in [0.1, 0.15) is 0 Å². The first-order chi connectivity index (χ1) is 29.0. The molecule has 2 aliphatic rings. The van der Waals surface area contributed by atoms with Gasteiger partial charge in [0.15, 0.2) is 0 Å². The van der Waals surface area contributed by atoms with Crippen LogP contribution in [0.3, 0.4) is 0 Å². The number of rotatable bonds is 4. The summed E-state index contributed by atoms with van der Waals surface area (Å²) in [6.07, 6.45) is 5.85. The second-order valence-corrected chi connectivity index (χ2v) is 15.8. The highest BCUT2D eigenvalue weighted by Gasteiger charge is 2.37. The lowest BCUT2D eigenvalue weighted by Crippen LogP contribution is -2.16. The van der Waals surface area contributed by atoms with Gasteiger partial charge in [-0.15, -0.1) is 0 Å². The van der Waals surface area contributed by atoms with Crippen LogP contribution in [-0.2, 0) is 5.41 Å². The maximum Gasteiger partial charge on any atom is 0.0788 e. The number of benzene rings is 7. The molecule has 290 valence electrons. The summed E-state index contributed by atoms with van der Waals surface area (Å²) >= 11 is 0. The normalized spacial score (nSPS) is 14.2. The van der Waals surface area contributed by atoms with Crippen molar-refractivity contribution in [2.45, 2.75) is 66.2 Å². The fourth-order valence-electron chi connectivity index (χ4n) is 9.61. The van der Waals surface area contributed by atoms with Gasteiger partial charge in [-0.05, 0) is 106 Å². The summed E-state index contributed by atoms with van der Waals surface area (Å²) in [6.45, 7) is 12.8. The molecule has 0 fully saturated rings. The topological polar surface area (TPSA) is 17.8 Å². The average Bonchev–Trinajstić information content (AvgIpc) is 3.61. The first-order valence-electron chi connectivity index (χ1n) is 21.6. The van der Waals surface area contributed by atoms with Crippen molar-refractivity contribution >= 4 is 54.6 Å². The van der Waals surface area contributed by atoms with Crippen LogP contribution in [0.1, 0.15) is 77.5 Å².